The van der Waals surface area contributed by atoms with Crippen LogP contribution in [-0.4, -0.2) is 46.5 Å². The zero-order chi connectivity index (χ0) is 22.2. The van der Waals surface area contributed by atoms with Crippen molar-refractivity contribution in [1.82, 2.24) is 15.5 Å². The van der Waals surface area contributed by atoms with Crippen LogP contribution in [0, 0.1) is 0 Å². The number of rotatable bonds is 4. The lowest BCUT2D eigenvalue weighted by Gasteiger charge is -2.16. The number of phenols is 1. The van der Waals surface area contributed by atoms with E-state index in [1.807, 2.05) is 30.3 Å². The summed E-state index contributed by atoms with van der Waals surface area (Å²) in [5.74, 6) is 0.0668. The van der Waals surface area contributed by atoms with E-state index >= 15 is 0 Å². The van der Waals surface area contributed by atoms with Gasteiger partial charge in [0, 0.05) is 29.3 Å². The number of fused-ring (bicyclic) bond motifs is 3. The number of H-pyrrole nitrogens is 1. The first kappa shape index (κ1) is 20.1. The molecule has 0 bridgehead atoms. The van der Waals surface area contributed by atoms with Crippen LogP contribution >= 0.6 is 0 Å². The number of amides is 2. The lowest BCUT2D eigenvalue weighted by Crippen LogP contribution is -2.33. The summed E-state index contributed by atoms with van der Waals surface area (Å²) >= 11 is 0. The highest BCUT2D eigenvalue weighted by molar-refractivity contribution is 5.91. The van der Waals surface area contributed by atoms with Crippen molar-refractivity contribution in [2.24, 2.45) is 0 Å². The number of carbonyl (C=O) groups is 2. The van der Waals surface area contributed by atoms with Gasteiger partial charge in [-0.15, -0.1) is 0 Å². The second kappa shape index (κ2) is 8.03. The zero-order valence-corrected chi connectivity index (χ0v) is 17.7. The average Bonchev–Trinajstić information content (AvgIpc) is 3.31. The summed E-state index contributed by atoms with van der Waals surface area (Å²) in [6.45, 7) is 2.14. The average molecular weight is 432 g/mol. The highest BCUT2D eigenvalue weighted by Gasteiger charge is 2.33. The van der Waals surface area contributed by atoms with Gasteiger partial charge in [-0.1, -0.05) is 18.2 Å². The Morgan fingerprint density at radius 3 is 2.97 bits per heavy atom. The molecule has 3 aromatic rings. The van der Waals surface area contributed by atoms with Crippen molar-refractivity contribution in [3.8, 4) is 28.3 Å². The Hall–Kier alpha value is -3.81. The van der Waals surface area contributed by atoms with Crippen LogP contribution < -0.4 is 10.2 Å². The number of carbonyl (C=O) groups excluding carboxylic acids is 2. The maximum Gasteiger partial charge on any atom is 0.414 e. The molecule has 0 radical (unpaired) electrons. The third-order valence-corrected chi connectivity index (χ3v) is 5.98. The summed E-state index contributed by atoms with van der Waals surface area (Å²) < 4.78 is 5.40. The Labute approximate surface area is 185 Å². The molecule has 1 saturated heterocycles. The fraction of sp³-hybridized carbons (Fsp3) is 0.292. The SMILES string of the molecule is CC(=O)NCC1CN(c2ccc3c(c2)CCCc2c(-c4cccc(O)c4)n[nH]c2-3)C(=O)O1. The van der Waals surface area contributed by atoms with E-state index in [0.29, 0.717) is 13.1 Å². The molecule has 0 spiro atoms. The molecule has 164 valence electrons. The van der Waals surface area contributed by atoms with E-state index in [4.69, 9.17) is 4.74 Å². The molecule has 8 nitrogen and oxygen atoms in total. The highest BCUT2D eigenvalue weighted by Crippen LogP contribution is 2.38. The van der Waals surface area contributed by atoms with Crippen LogP contribution in [0.4, 0.5) is 10.5 Å². The summed E-state index contributed by atoms with van der Waals surface area (Å²) in [4.78, 5) is 25.2. The summed E-state index contributed by atoms with van der Waals surface area (Å²) in [5.41, 5.74) is 6.86. The van der Waals surface area contributed by atoms with Gasteiger partial charge in [-0.2, -0.15) is 5.10 Å². The number of hydrogen-bond donors (Lipinski definition) is 3. The van der Waals surface area contributed by atoms with E-state index in [9.17, 15) is 14.7 Å². The number of aryl methyl sites for hydroxylation is 1. The number of hydrogen-bond acceptors (Lipinski definition) is 5. The Kier molecular flexibility index (Phi) is 5.05. The largest absolute Gasteiger partial charge is 0.508 e. The predicted octanol–water partition coefficient (Wildman–Crippen LogP) is 3.40. The summed E-state index contributed by atoms with van der Waals surface area (Å²) in [5, 5.41) is 20.3. The number of aromatic hydroxyl groups is 1. The number of nitrogens with zero attached hydrogens (tertiary/aromatic N) is 2. The van der Waals surface area contributed by atoms with E-state index in [0.717, 1.165) is 58.6 Å². The number of benzene rings is 2. The van der Waals surface area contributed by atoms with Crippen LogP contribution in [-0.2, 0) is 22.4 Å². The van der Waals surface area contributed by atoms with Crippen molar-refractivity contribution >= 4 is 17.7 Å². The van der Waals surface area contributed by atoms with Gasteiger partial charge in [-0.25, -0.2) is 4.79 Å². The Morgan fingerprint density at radius 2 is 2.16 bits per heavy atom. The van der Waals surface area contributed by atoms with Gasteiger partial charge >= 0.3 is 6.09 Å². The van der Waals surface area contributed by atoms with Crippen LogP contribution in [0.15, 0.2) is 42.5 Å². The molecule has 2 aliphatic rings. The molecule has 1 aromatic heterocycles. The molecule has 8 heteroatoms. The second-order valence-corrected chi connectivity index (χ2v) is 8.22. The standard InChI is InChI=1S/C24H24N4O4/c1-14(29)25-12-19-13-28(24(31)32-19)17-8-9-20-15(10-17)4-3-7-21-22(26-27-23(20)21)16-5-2-6-18(30)11-16/h2,5-6,8-11,19,30H,3-4,7,12-13H2,1H3,(H,25,29)(H,26,27). The lowest BCUT2D eigenvalue weighted by atomic mass is 9.99. The van der Waals surface area contributed by atoms with E-state index < -0.39 is 6.09 Å². The fourth-order valence-corrected chi connectivity index (χ4v) is 4.47. The number of aromatic amines is 1. The molecular weight excluding hydrogens is 408 g/mol. The van der Waals surface area contributed by atoms with E-state index in [1.165, 1.54) is 6.92 Å². The molecule has 2 aromatic carbocycles. The van der Waals surface area contributed by atoms with Gasteiger partial charge in [-0.05, 0) is 49.1 Å². The Bertz CT molecular complexity index is 1200. The number of nitrogens with one attached hydrogen (secondary N) is 2. The zero-order valence-electron chi connectivity index (χ0n) is 17.7. The molecule has 1 fully saturated rings. The molecule has 1 aliphatic carbocycles. The molecule has 1 aliphatic heterocycles. The number of cyclic esters (lactones) is 1. The van der Waals surface area contributed by atoms with Gasteiger partial charge < -0.3 is 15.2 Å². The van der Waals surface area contributed by atoms with Crippen molar-refractivity contribution in [3.05, 3.63) is 53.6 Å². The van der Waals surface area contributed by atoms with Crippen molar-refractivity contribution in [2.75, 3.05) is 18.0 Å². The smallest absolute Gasteiger partial charge is 0.414 e. The minimum atomic E-state index is -0.401. The number of aromatic nitrogens is 2. The van der Waals surface area contributed by atoms with Gasteiger partial charge in [0.25, 0.3) is 0 Å². The van der Waals surface area contributed by atoms with E-state index in [2.05, 4.69) is 15.5 Å². The molecular formula is C24H24N4O4. The third-order valence-electron chi connectivity index (χ3n) is 5.98. The van der Waals surface area contributed by atoms with Gasteiger partial charge in [-0.3, -0.25) is 14.8 Å². The maximum atomic E-state index is 12.4. The van der Waals surface area contributed by atoms with Crippen LogP contribution in [0.3, 0.4) is 0 Å². The molecule has 32 heavy (non-hydrogen) atoms. The summed E-state index contributed by atoms with van der Waals surface area (Å²) in [6, 6.07) is 13.1. The summed E-state index contributed by atoms with van der Waals surface area (Å²) in [6.07, 6.45) is 1.93. The van der Waals surface area contributed by atoms with Crippen LogP contribution in [0.25, 0.3) is 22.5 Å². The molecule has 0 saturated carbocycles. The molecule has 3 N–H and O–H groups in total. The van der Waals surface area contributed by atoms with Gasteiger partial charge in [0.2, 0.25) is 5.91 Å². The minimum absolute atomic E-state index is 0.148. The number of anilines is 1. The first-order chi connectivity index (χ1) is 15.5. The molecule has 5 rings (SSSR count). The van der Waals surface area contributed by atoms with Crippen molar-refractivity contribution < 1.29 is 19.4 Å². The molecule has 2 heterocycles. The van der Waals surface area contributed by atoms with Crippen LogP contribution in [0.5, 0.6) is 5.75 Å². The van der Waals surface area contributed by atoms with Gasteiger partial charge in [0.1, 0.15) is 11.9 Å². The second-order valence-electron chi connectivity index (χ2n) is 8.22. The lowest BCUT2D eigenvalue weighted by molar-refractivity contribution is -0.119. The monoisotopic (exact) mass is 432 g/mol. The molecule has 1 unspecified atom stereocenters. The Balaban J connectivity index is 1.44. The van der Waals surface area contributed by atoms with Crippen molar-refractivity contribution in [2.45, 2.75) is 32.3 Å². The quantitative estimate of drug-likeness (QED) is 0.586. The predicted molar refractivity (Wildman–Crippen MR) is 119 cm³/mol. The van der Waals surface area contributed by atoms with Crippen LogP contribution in [0.2, 0.25) is 0 Å². The van der Waals surface area contributed by atoms with Gasteiger partial charge in [0.05, 0.1) is 24.5 Å². The maximum absolute atomic E-state index is 12.4. The highest BCUT2D eigenvalue weighted by atomic mass is 16.6. The van der Waals surface area contributed by atoms with Crippen molar-refractivity contribution in [3.63, 3.8) is 0 Å². The van der Waals surface area contributed by atoms with Gasteiger partial charge in [0.15, 0.2) is 0 Å². The van der Waals surface area contributed by atoms with E-state index in [-0.39, 0.29) is 17.8 Å². The first-order valence-electron chi connectivity index (χ1n) is 10.7. The molecule has 1 atom stereocenters. The van der Waals surface area contributed by atoms with Crippen LogP contribution in [0.1, 0.15) is 24.5 Å². The van der Waals surface area contributed by atoms with E-state index in [1.54, 1.807) is 17.0 Å². The van der Waals surface area contributed by atoms with Crippen molar-refractivity contribution in [1.29, 1.82) is 0 Å². The first-order valence-corrected chi connectivity index (χ1v) is 10.7. The minimum Gasteiger partial charge on any atom is -0.508 e. The topological polar surface area (TPSA) is 108 Å². The fourth-order valence-electron chi connectivity index (χ4n) is 4.47. The Morgan fingerprint density at radius 1 is 1.28 bits per heavy atom. The number of ether oxygens (including phenoxy) is 1. The summed E-state index contributed by atoms with van der Waals surface area (Å²) in [7, 11) is 0. The molecule has 2 amide bonds. The number of phenolic OH excluding ortho intramolecular Hbond substituents is 1. The third kappa shape index (κ3) is 3.68. The normalized spacial score (nSPS) is 17.3.